The van der Waals surface area contributed by atoms with Crippen molar-refractivity contribution in [3.63, 3.8) is 0 Å². The molecule has 2 saturated carbocycles. The zero-order valence-electron chi connectivity index (χ0n) is 15.8. The lowest BCUT2D eigenvalue weighted by Gasteiger charge is -2.42. The molecule has 0 bridgehead atoms. The molecule has 1 aliphatic heterocycles. The molecule has 26 heavy (non-hydrogen) atoms. The van der Waals surface area contributed by atoms with E-state index in [-0.39, 0.29) is 29.2 Å². The lowest BCUT2D eigenvalue weighted by molar-refractivity contribution is -0.123. The van der Waals surface area contributed by atoms with Crippen LogP contribution in [0.15, 0.2) is 18.3 Å². The van der Waals surface area contributed by atoms with Crippen LogP contribution in [0.3, 0.4) is 0 Å². The second kappa shape index (κ2) is 6.67. The van der Waals surface area contributed by atoms with Gasteiger partial charge in [-0.05, 0) is 50.7 Å². The van der Waals surface area contributed by atoms with Crippen LogP contribution >= 0.6 is 0 Å². The second-order valence-corrected chi connectivity index (χ2v) is 8.60. The number of carbonyl (C=O) groups is 2. The first kappa shape index (κ1) is 17.5. The predicted octanol–water partition coefficient (Wildman–Crippen LogP) is 2.94. The minimum atomic E-state index is 0.0593. The second-order valence-electron chi connectivity index (χ2n) is 8.60. The van der Waals surface area contributed by atoms with Gasteiger partial charge in [0, 0.05) is 47.9 Å². The number of aryl methyl sites for hydroxylation is 1. The third-order valence-corrected chi connectivity index (χ3v) is 6.80. The lowest BCUT2D eigenvalue weighted by Crippen LogP contribution is -2.50. The quantitative estimate of drug-likeness (QED) is 0.903. The van der Waals surface area contributed by atoms with E-state index in [1.54, 1.807) is 6.20 Å². The fourth-order valence-corrected chi connectivity index (χ4v) is 5.03. The van der Waals surface area contributed by atoms with Crippen LogP contribution in [0.5, 0.6) is 0 Å². The SMILES string of the molecule is Cc1cc(C(=O)N2CCC3(CNC(=O)[C@@H]4C[C@H]4C)CCCCC23)ccn1. The summed E-state index contributed by atoms with van der Waals surface area (Å²) < 4.78 is 0. The van der Waals surface area contributed by atoms with Gasteiger partial charge in [0.25, 0.3) is 5.91 Å². The van der Waals surface area contributed by atoms with Gasteiger partial charge in [0.2, 0.25) is 5.91 Å². The van der Waals surface area contributed by atoms with E-state index < -0.39 is 0 Å². The summed E-state index contributed by atoms with van der Waals surface area (Å²) in [5, 5.41) is 3.23. The summed E-state index contributed by atoms with van der Waals surface area (Å²) in [5.41, 5.74) is 1.66. The van der Waals surface area contributed by atoms with Gasteiger partial charge >= 0.3 is 0 Å². The van der Waals surface area contributed by atoms with Crippen LogP contribution in [0.25, 0.3) is 0 Å². The van der Waals surface area contributed by atoms with Crippen molar-refractivity contribution in [1.29, 1.82) is 0 Å². The number of hydrogen-bond donors (Lipinski definition) is 1. The van der Waals surface area contributed by atoms with Crippen molar-refractivity contribution >= 4 is 11.8 Å². The zero-order chi connectivity index (χ0) is 18.3. The van der Waals surface area contributed by atoms with Crippen LogP contribution < -0.4 is 5.32 Å². The summed E-state index contributed by atoms with van der Waals surface area (Å²) in [6.45, 7) is 5.57. The van der Waals surface area contributed by atoms with E-state index in [1.165, 1.54) is 12.8 Å². The molecule has 1 aromatic rings. The Balaban J connectivity index is 1.49. The van der Waals surface area contributed by atoms with Crippen molar-refractivity contribution < 1.29 is 9.59 Å². The summed E-state index contributed by atoms with van der Waals surface area (Å²) in [6, 6.07) is 3.93. The first-order chi connectivity index (χ1) is 12.5. The smallest absolute Gasteiger partial charge is 0.254 e. The van der Waals surface area contributed by atoms with Gasteiger partial charge in [0.1, 0.15) is 0 Å². The van der Waals surface area contributed by atoms with Crippen LogP contribution in [0.2, 0.25) is 0 Å². The number of hydrogen-bond acceptors (Lipinski definition) is 3. The summed E-state index contributed by atoms with van der Waals surface area (Å²) in [6.07, 6.45) is 8.25. The molecule has 2 unspecified atom stereocenters. The minimum absolute atomic E-state index is 0.0593. The van der Waals surface area contributed by atoms with E-state index >= 15 is 0 Å². The average molecular weight is 355 g/mol. The molecule has 1 saturated heterocycles. The van der Waals surface area contributed by atoms with Gasteiger partial charge in [0.05, 0.1) is 0 Å². The van der Waals surface area contributed by atoms with Gasteiger partial charge in [-0.15, -0.1) is 0 Å². The number of carbonyl (C=O) groups excluding carboxylic acids is 2. The fourth-order valence-electron chi connectivity index (χ4n) is 5.03. The third-order valence-electron chi connectivity index (χ3n) is 6.80. The van der Waals surface area contributed by atoms with Gasteiger partial charge in [-0.3, -0.25) is 14.6 Å². The Morgan fingerprint density at radius 3 is 2.88 bits per heavy atom. The van der Waals surface area contributed by atoms with Gasteiger partial charge in [-0.2, -0.15) is 0 Å². The topological polar surface area (TPSA) is 62.3 Å². The third kappa shape index (κ3) is 3.12. The Hall–Kier alpha value is -1.91. The number of amides is 2. The molecule has 140 valence electrons. The lowest BCUT2D eigenvalue weighted by atomic mass is 9.70. The number of fused-ring (bicyclic) bond motifs is 1. The van der Waals surface area contributed by atoms with E-state index in [9.17, 15) is 9.59 Å². The highest BCUT2D eigenvalue weighted by Gasteiger charge is 2.50. The number of pyridine rings is 1. The summed E-state index contributed by atoms with van der Waals surface area (Å²) in [7, 11) is 0. The van der Waals surface area contributed by atoms with Crippen molar-refractivity contribution in [2.45, 2.75) is 58.4 Å². The van der Waals surface area contributed by atoms with Crippen molar-refractivity contribution in [3.05, 3.63) is 29.6 Å². The van der Waals surface area contributed by atoms with E-state index in [1.807, 2.05) is 19.1 Å². The molecule has 2 amide bonds. The van der Waals surface area contributed by atoms with E-state index in [2.05, 4.69) is 22.1 Å². The molecular weight excluding hydrogens is 326 g/mol. The molecule has 2 aliphatic carbocycles. The molecule has 1 aromatic heterocycles. The molecule has 0 spiro atoms. The maximum atomic E-state index is 13.1. The van der Waals surface area contributed by atoms with Crippen LogP contribution in [-0.2, 0) is 4.79 Å². The van der Waals surface area contributed by atoms with Crippen LogP contribution in [0, 0.1) is 24.2 Å². The highest BCUT2D eigenvalue weighted by molar-refractivity contribution is 5.94. The molecule has 1 N–H and O–H groups in total. The van der Waals surface area contributed by atoms with Crippen LogP contribution in [-0.4, -0.2) is 40.8 Å². The predicted molar refractivity (Wildman–Crippen MR) is 99.6 cm³/mol. The first-order valence-electron chi connectivity index (χ1n) is 10.0. The number of nitrogens with zero attached hydrogens (tertiary/aromatic N) is 2. The first-order valence-corrected chi connectivity index (χ1v) is 10.0. The molecular formula is C21H29N3O2. The molecule has 3 fully saturated rings. The monoisotopic (exact) mass is 355 g/mol. The van der Waals surface area contributed by atoms with Gasteiger partial charge in [0.15, 0.2) is 0 Å². The number of likely N-dealkylation sites (tertiary alicyclic amines) is 1. The largest absolute Gasteiger partial charge is 0.355 e. The summed E-state index contributed by atoms with van der Waals surface area (Å²) >= 11 is 0. The Morgan fingerprint density at radius 1 is 1.35 bits per heavy atom. The number of rotatable bonds is 4. The maximum absolute atomic E-state index is 13.1. The maximum Gasteiger partial charge on any atom is 0.254 e. The molecule has 5 nitrogen and oxygen atoms in total. The molecule has 4 rings (SSSR count). The summed E-state index contributed by atoms with van der Waals surface area (Å²) in [4.78, 5) is 31.7. The van der Waals surface area contributed by atoms with Crippen molar-refractivity contribution in [1.82, 2.24) is 15.2 Å². The highest BCUT2D eigenvalue weighted by Crippen LogP contribution is 2.47. The zero-order valence-corrected chi connectivity index (χ0v) is 15.8. The molecule has 2 heterocycles. The van der Waals surface area contributed by atoms with E-state index in [0.717, 1.165) is 50.0 Å². The van der Waals surface area contributed by atoms with Gasteiger partial charge in [-0.1, -0.05) is 19.8 Å². The number of nitrogens with one attached hydrogen (secondary N) is 1. The van der Waals surface area contributed by atoms with Crippen LogP contribution in [0.1, 0.15) is 61.5 Å². The van der Waals surface area contributed by atoms with Crippen molar-refractivity contribution in [3.8, 4) is 0 Å². The highest BCUT2D eigenvalue weighted by atomic mass is 16.2. The Kier molecular flexibility index (Phi) is 4.49. The van der Waals surface area contributed by atoms with Crippen molar-refractivity contribution in [2.75, 3.05) is 13.1 Å². The summed E-state index contributed by atoms with van der Waals surface area (Å²) in [5.74, 6) is 1.08. The molecule has 5 heteroatoms. The average Bonchev–Trinajstić information content (AvgIpc) is 3.25. The minimum Gasteiger partial charge on any atom is -0.355 e. The standard InChI is InChI=1S/C21H29N3O2/c1-14-11-17(14)19(25)23-13-21-7-4-3-5-18(21)24(10-8-21)20(26)16-6-9-22-15(2)12-16/h6,9,12,14,17-18H,3-5,7-8,10-11,13H2,1-2H3,(H,23,25)/t14-,17-,18?,21?/m1/s1. The Morgan fingerprint density at radius 2 is 2.15 bits per heavy atom. The van der Waals surface area contributed by atoms with Gasteiger partial charge < -0.3 is 10.2 Å². The van der Waals surface area contributed by atoms with E-state index in [0.29, 0.717) is 5.92 Å². The molecule has 0 radical (unpaired) electrons. The molecule has 3 aliphatic rings. The van der Waals surface area contributed by atoms with Crippen LogP contribution in [0.4, 0.5) is 0 Å². The van der Waals surface area contributed by atoms with Gasteiger partial charge in [-0.25, -0.2) is 0 Å². The molecule has 4 atom stereocenters. The fraction of sp³-hybridized carbons (Fsp3) is 0.667. The Bertz CT molecular complexity index is 719. The molecule has 0 aromatic carbocycles. The number of aromatic nitrogens is 1. The van der Waals surface area contributed by atoms with E-state index in [4.69, 9.17) is 0 Å². The Labute approximate surface area is 155 Å². The van der Waals surface area contributed by atoms with Crippen molar-refractivity contribution in [2.24, 2.45) is 17.3 Å². The normalized spacial score (nSPS) is 32.8.